The number of hydrogen-bond donors (Lipinski definition) is 1. The van der Waals surface area contributed by atoms with Crippen molar-refractivity contribution in [2.45, 2.75) is 25.9 Å². The van der Waals surface area contributed by atoms with Gasteiger partial charge in [0.25, 0.3) is 0 Å². The predicted octanol–water partition coefficient (Wildman–Crippen LogP) is 5.19. The molecule has 0 radical (unpaired) electrons. The summed E-state index contributed by atoms with van der Waals surface area (Å²) in [6.07, 6.45) is 1.18. The minimum atomic E-state index is -3.97. The molecule has 0 aliphatic heterocycles. The van der Waals surface area contributed by atoms with Gasteiger partial charge in [0.05, 0.1) is 17.0 Å². The highest BCUT2D eigenvalue weighted by molar-refractivity contribution is 7.92. The second-order valence-electron chi connectivity index (χ2n) is 8.58. The van der Waals surface area contributed by atoms with E-state index in [1.54, 1.807) is 31.2 Å². The number of carbonyl (C=O) groups is 2. The predicted molar refractivity (Wildman–Crippen MR) is 153 cm³/mol. The van der Waals surface area contributed by atoms with Gasteiger partial charge in [-0.2, -0.15) is 0 Å². The Morgan fingerprint density at radius 2 is 1.58 bits per heavy atom. The lowest BCUT2D eigenvalue weighted by Crippen LogP contribution is -2.53. The van der Waals surface area contributed by atoms with Crippen molar-refractivity contribution in [3.63, 3.8) is 0 Å². The first-order chi connectivity index (χ1) is 18.0. The van der Waals surface area contributed by atoms with Crippen LogP contribution in [0.15, 0.2) is 72.8 Å². The molecule has 0 spiro atoms. The van der Waals surface area contributed by atoms with E-state index in [0.29, 0.717) is 17.1 Å². The van der Waals surface area contributed by atoms with E-state index in [9.17, 15) is 18.0 Å². The minimum Gasteiger partial charge on any atom is -0.355 e. The fourth-order valence-corrected chi connectivity index (χ4v) is 5.41. The van der Waals surface area contributed by atoms with Crippen molar-refractivity contribution < 1.29 is 18.0 Å². The van der Waals surface area contributed by atoms with E-state index in [1.165, 1.54) is 23.1 Å². The lowest BCUT2D eigenvalue weighted by molar-refractivity contribution is -0.140. The normalized spacial score (nSPS) is 12.0. The molecule has 0 saturated heterocycles. The van der Waals surface area contributed by atoms with E-state index in [2.05, 4.69) is 5.32 Å². The zero-order valence-electron chi connectivity index (χ0n) is 20.9. The summed E-state index contributed by atoms with van der Waals surface area (Å²) < 4.78 is 26.5. The van der Waals surface area contributed by atoms with Crippen LogP contribution in [-0.4, -0.2) is 50.5 Å². The van der Waals surface area contributed by atoms with Gasteiger partial charge in [0.2, 0.25) is 21.8 Å². The van der Waals surface area contributed by atoms with Gasteiger partial charge in [-0.15, -0.1) is 0 Å². The molecule has 3 aromatic rings. The first kappa shape index (κ1) is 29.8. The smallest absolute Gasteiger partial charge is 0.244 e. The largest absolute Gasteiger partial charge is 0.355 e. The van der Waals surface area contributed by atoms with Gasteiger partial charge >= 0.3 is 0 Å². The van der Waals surface area contributed by atoms with Crippen LogP contribution in [-0.2, 0) is 32.6 Å². The molecule has 11 heteroatoms. The maximum atomic E-state index is 13.9. The van der Waals surface area contributed by atoms with Gasteiger partial charge in [-0.25, -0.2) is 8.42 Å². The topological polar surface area (TPSA) is 86.8 Å². The number of carbonyl (C=O) groups excluding carboxylic acids is 2. The van der Waals surface area contributed by atoms with Crippen LogP contribution in [0.4, 0.5) is 5.69 Å². The lowest BCUT2D eigenvalue weighted by atomic mass is 10.0. The Balaban J connectivity index is 2.08. The second kappa shape index (κ2) is 13.3. The Hall–Kier alpha value is -2.78. The third-order valence-electron chi connectivity index (χ3n) is 5.78. The fraction of sp³-hybridized carbons (Fsp3) is 0.259. The molecule has 2 amide bonds. The summed E-state index contributed by atoms with van der Waals surface area (Å²) in [4.78, 5) is 28.6. The molecule has 0 aromatic heterocycles. The summed E-state index contributed by atoms with van der Waals surface area (Å²) in [5, 5.41) is 3.57. The van der Waals surface area contributed by atoms with Gasteiger partial charge in [0, 0.05) is 29.6 Å². The number of likely N-dealkylation sites (N-methyl/N-ethyl adjacent to an activating group) is 1. The molecule has 0 heterocycles. The van der Waals surface area contributed by atoms with E-state index in [4.69, 9.17) is 34.8 Å². The first-order valence-electron chi connectivity index (χ1n) is 11.8. The van der Waals surface area contributed by atoms with Gasteiger partial charge in [-0.3, -0.25) is 13.9 Å². The molecular weight excluding hydrogens is 569 g/mol. The van der Waals surface area contributed by atoms with Gasteiger partial charge in [0.1, 0.15) is 12.6 Å². The minimum absolute atomic E-state index is 0.0198. The molecule has 0 unspecified atom stereocenters. The van der Waals surface area contributed by atoms with Crippen LogP contribution in [0.3, 0.4) is 0 Å². The molecule has 202 valence electrons. The molecule has 3 rings (SSSR count). The van der Waals surface area contributed by atoms with E-state index < -0.39 is 28.5 Å². The average Bonchev–Trinajstić information content (AvgIpc) is 2.87. The number of sulfonamides is 1. The zero-order valence-corrected chi connectivity index (χ0v) is 24.0. The van der Waals surface area contributed by atoms with Crippen molar-refractivity contribution >= 4 is 62.3 Å². The number of benzene rings is 3. The van der Waals surface area contributed by atoms with Crippen LogP contribution in [0.5, 0.6) is 0 Å². The van der Waals surface area contributed by atoms with Crippen molar-refractivity contribution in [3.8, 4) is 0 Å². The van der Waals surface area contributed by atoms with Crippen LogP contribution in [0.25, 0.3) is 0 Å². The SMILES string of the molecule is CCNC(=O)[C@H](Cc1ccccc1)N(Cc1ccccc1Cl)C(=O)CN(c1cc(Cl)ccc1Cl)S(C)(=O)=O. The number of amides is 2. The maximum absolute atomic E-state index is 13.9. The number of rotatable bonds is 11. The van der Waals surface area contributed by atoms with Crippen LogP contribution in [0.2, 0.25) is 15.1 Å². The lowest BCUT2D eigenvalue weighted by Gasteiger charge is -2.33. The maximum Gasteiger partial charge on any atom is 0.244 e. The van der Waals surface area contributed by atoms with Crippen molar-refractivity contribution in [3.05, 3.63) is 99.0 Å². The van der Waals surface area contributed by atoms with Crippen LogP contribution < -0.4 is 9.62 Å². The van der Waals surface area contributed by atoms with Crippen LogP contribution in [0.1, 0.15) is 18.1 Å². The van der Waals surface area contributed by atoms with Crippen molar-refractivity contribution in [1.29, 1.82) is 0 Å². The Kier molecular flexibility index (Phi) is 10.4. The second-order valence-corrected chi connectivity index (χ2v) is 11.7. The highest BCUT2D eigenvalue weighted by atomic mass is 35.5. The van der Waals surface area contributed by atoms with Gasteiger partial charge < -0.3 is 10.2 Å². The Bertz CT molecular complexity index is 1390. The third kappa shape index (κ3) is 7.86. The van der Waals surface area contributed by atoms with E-state index in [0.717, 1.165) is 16.1 Å². The van der Waals surface area contributed by atoms with Crippen LogP contribution >= 0.6 is 34.8 Å². The number of halogens is 3. The molecule has 0 bridgehead atoms. The Labute approximate surface area is 238 Å². The monoisotopic (exact) mass is 595 g/mol. The molecular formula is C27H28Cl3N3O4S. The molecule has 0 saturated carbocycles. The fourth-order valence-electron chi connectivity index (χ4n) is 3.93. The Morgan fingerprint density at radius 3 is 2.21 bits per heavy atom. The standard InChI is InChI=1S/C27H28Cl3N3O4S/c1-3-31-27(35)25(15-19-9-5-4-6-10-19)32(17-20-11-7-8-12-22(20)29)26(34)18-33(38(2,36)37)24-16-21(28)13-14-23(24)30/h4-14,16,25H,3,15,17-18H2,1-2H3,(H,31,35)/t25-/m0/s1. The average molecular weight is 597 g/mol. The van der Waals surface area contributed by atoms with Gasteiger partial charge in [-0.05, 0) is 42.3 Å². The van der Waals surface area contributed by atoms with Crippen molar-refractivity contribution in [1.82, 2.24) is 10.2 Å². The summed E-state index contributed by atoms with van der Waals surface area (Å²) >= 11 is 18.8. The number of nitrogens with zero attached hydrogens (tertiary/aromatic N) is 2. The zero-order chi connectivity index (χ0) is 27.9. The molecule has 0 fully saturated rings. The molecule has 1 N–H and O–H groups in total. The number of anilines is 1. The van der Waals surface area contributed by atoms with E-state index >= 15 is 0 Å². The third-order valence-corrected chi connectivity index (χ3v) is 7.83. The molecule has 1 atom stereocenters. The highest BCUT2D eigenvalue weighted by Gasteiger charge is 2.33. The van der Waals surface area contributed by atoms with E-state index in [-0.39, 0.29) is 34.6 Å². The summed E-state index contributed by atoms with van der Waals surface area (Å²) in [5.74, 6) is -0.984. The summed E-state index contributed by atoms with van der Waals surface area (Å²) in [6.45, 7) is 1.51. The highest BCUT2D eigenvalue weighted by Crippen LogP contribution is 2.31. The molecule has 38 heavy (non-hydrogen) atoms. The van der Waals surface area contributed by atoms with Crippen molar-refractivity contribution in [2.75, 3.05) is 23.7 Å². The quantitative estimate of drug-likeness (QED) is 0.330. The summed E-state index contributed by atoms with van der Waals surface area (Å²) in [6, 6.07) is 19.6. The van der Waals surface area contributed by atoms with Gasteiger partial charge in [-0.1, -0.05) is 83.3 Å². The van der Waals surface area contributed by atoms with Crippen LogP contribution in [0, 0.1) is 0 Å². The Morgan fingerprint density at radius 1 is 0.921 bits per heavy atom. The van der Waals surface area contributed by atoms with E-state index in [1.807, 2.05) is 30.3 Å². The molecule has 0 aliphatic rings. The molecule has 3 aromatic carbocycles. The first-order valence-corrected chi connectivity index (χ1v) is 14.8. The number of nitrogens with one attached hydrogen (secondary N) is 1. The van der Waals surface area contributed by atoms with Crippen molar-refractivity contribution in [2.24, 2.45) is 0 Å². The molecule has 7 nitrogen and oxygen atoms in total. The summed E-state index contributed by atoms with van der Waals surface area (Å²) in [5.41, 5.74) is 1.50. The summed E-state index contributed by atoms with van der Waals surface area (Å²) in [7, 11) is -3.97. The number of hydrogen-bond acceptors (Lipinski definition) is 4. The van der Waals surface area contributed by atoms with Gasteiger partial charge in [0.15, 0.2) is 0 Å². The molecule has 0 aliphatic carbocycles.